The first-order chi connectivity index (χ1) is 14.8. The second-order valence-corrected chi connectivity index (χ2v) is 6.63. The lowest BCUT2D eigenvalue weighted by atomic mass is 10.1. The number of imide groups is 1. The molecule has 3 amide bonds. The number of esters is 2. The van der Waals surface area contributed by atoms with E-state index >= 15 is 0 Å². The van der Waals surface area contributed by atoms with Crippen molar-refractivity contribution in [2.75, 3.05) is 31.7 Å². The normalized spacial score (nSPS) is 12.4. The van der Waals surface area contributed by atoms with Gasteiger partial charge in [-0.15, -0.1) is 0 Å². The first-order valence-electron chi connectivity index (χ1n) is 9.48. The minimum Gasteiger partial charge on any atom is -0.465 e. The molecule has 0 bridgehead atoms. The van der Waals surface area contributed by atoms with E-state index in [0.29, 0.717) is 5.69 Å². The van der Waals surface area contributed by atoms with Gasteiger partial charge in [0.05, 0.1) is 23.3 Å². The van der Waals surface area contributed by atoms with Gasteiger partial charge in [0.1, 0.15) is 6.54 Å². The molecular formula is C22H20N2O7. The van der Waals surface area contributed by atoms with E-state index in [1.165, 1.54) is 25.2 Å². The van der Waals surface area contributed by atoms with E-state index in [2.05, 4.69) is 0 Å². The van der Waals surface area contributed by atoms with Gasteiger partial charge >= 0.3 is 11.9 Å². The summed E-state index contributed by atoms with van der Waals surface area (Å²) >= 11 is 0. The molecule has 1 aliphatic rings. The molecular weight excluding hydrogens is 404 g/mol. The summed E-state index contributed by atoms with van der Waals surface area (Å²) in [4.78, 5) is 63.1. The molecule has 0 atom stereocenters. The zero-order chi connectivity index (χ0) is 22.5. The van der Waals surface area contributed by atoms with Gasteiger partial charge in [-0.3, -0.25) is 29.0 Å². The zero-order valence-corrected chi connectivity index (χ0v) is 17.0. The molecule has 0 spiro atoms. The summed E-state index contributed by atoms with van der Waals surface area (Å²) in [6.45, 7) is 0.855. The molecule has 3 rings (SSSR count). The number of rotatable bonds is 7. The van der Waals surface area contributed by atoms with Crippen LogP contribution < -0.4 is 4.90 Å². The number of hydrogen-bond donors (Lipinski definition) is 0. The molecule has 0 unspecified atom stereocenters. The van der Waals surface area contributed by atoms with Gasteiger partial charge in [-0.2, -0.15) is 0 Å². The maximum Gasteiger partial charge on any atom is 0.338 e. The minimum atomic E-state index is -0.838. The van der Waals surface area contributed by atoms with E-state index < -0.39 is 36.3 Å². The number of fused-ring (bicyclic) bond motifs is 1. The van der Waals surface area contributed by atoms with Crippen molar-refractivity contribution in [2.45, 2.75) is 6.92 Å². The quantitative estimate of drug-likeness (QED) is 0.491. The predicted octanol–water partition coefficient (Wildman–Crippen LogP) is 1.67. The minimum absolute atomic E-state index is 0.0275. The van der Waals surface area contributed by atoms with Crippen LogP contribution in [0, 0.1) is 0 Å². The van der Waals surface area contributed by atoms with E-state index in [4.69, 9.17) is 9.47 Å². The van der Waals surface area contributed by atoms with Crippen LogP contribution in [0.5, 0.6) is 0 Å². The molecule has 9 heteroatoms. The Kier molecular flexibility index (Phi) is 6.44. The van der Waals surface area contributed by atoms with Gasteiger partial charge in [-0.1, -0.05) is 18.2 Å². The highest BCUT2D eigenvalue weighted by Crippen LogP contribution is 2.23. The van der Waals surface area contributed by atoms with Gasteiger partial charge < -0.3 is 9.47 Å². The Morgan fingerprint density at radius 3 is 2.29 bits per heavy atom. The van der Waals surface area contributed by atoms with Gasteiger partial charge in [-0.05, 0) is 37.3 Å². The molecule has 1 heterocycles. The molecule has 0 N–H and O–H groups in total. The Labute approximate surface area is 178 Å². The van der Waals surface area contributed by atoms with Crippen molar-refractivity contribution in [2.24, 2.45) is 0 Å². The first kappa shape index (κ1) is 21.7. The average Bonchev–Trinajstić information content (AvgIpc) is 3.00. The smallest absolute Gasteiger partial charge is 0.338 e. The SMILES string of the molecule is CCOC(=O)CN(C(=O)COC(=O)c1ccc2c(c1)C(=O)N(C)C2=O)c1ccccc1. The summed E-state index contributed by atoms with van der Waals surface area (Å²) in [6, 6.07) is 12.4. The standard InChI is InChI=1S/C22H20N2O7/c1-3-30-19(26)12-24(15-7-5-4-6-8-15)18(25)13-31-22(29)14-9-10-16-17(11-14)21(28)23(2)20(16)27/h4-11H,3,12-13H2,1-2H3. The highest BCUT2D eigenvalue weighted by Gasteiger charge is 2.33. The lowest BCUT2D eigenvalue weighted by Gasteiger charge is -2.21. The average molecular weight is 424 g/mol. The summed E-state index contributed by atoms with van der Waals surface area (Å²) in [5.41, 5.74) is 0.771. The van der Waals surface area contributed by atoms with Crippen LogP contribution in [0.4, 0.5) is 5.69 Å². The largest absolute Gasteiger partial charge is 0.465 e. The second kappa shape index (κ2) is 9.21. The summed E-state index contributed by atoms with van der Waals surface area (Å²) in [7, 11) is 1.35. The Morgan fingerprint density at radius 1 is 0.935 bits per heavy atom. The molecule has 1 aliphatic heterocycles. The van der Waals surface area contributed by atoms with E-state index in [9.17, 15) is 24.0 Å². The van der Waals surface area contributed by atoms with Gasteiger partial charge in [0.25, 0.3) is 17.7 Å². The fourth-order valence-electron chi connectivity index (χ4n) is 3.04. The molecule has 0 aromatic heterocycles. The van der Waals surface area contributed by atoms with E-state index in [1.54, 1.807) is 37.3 Å². The number of carbonyl (C=O) groups is 5. The van der Waals surface area contributed by atoms with Crippen LogP contribution in [0.3, 0.4) is 0 Å². The Bertz CT molecular complexity index is 1050. The third kappa shape index (κ3) is 4.61. The molecule has 0 saturated carbocycles. The van der Waals surface area contributed by atoms with Crippen LogP contribution in [-0.2, 0) is 19.1 Å². The van der Waals surface area contributed by atoms with Crippen LogP contribution in [0.1, 0.15) is 38.0 Å². The molecule has 0 aliphatic carbocycles. The molecule has 0 saturated heterocycles. The van der Waals surface area contributed by atoms with Crippen molar-refractivity contribution in [1.82, 2.24) is 4.90 Å². The molecule has 31 heavy (non-hydrogen) atoms. The first-order valence-corrected chi connectivity index (χ1v) is 9.48. The van der Waals surface area contributed by atoms with Crippen LogP contribution in [0.15, 0.2) is 48.5 Å². The molecule has 0 radical (unpaired) electrons. The predicted molar refractivity (Wildman–Crippen MR) is 109 cm³/mol. The number of benzene rings is 2. The lowest BCUT2D eigenvalue weighted by molar-refractivity contribution is -0.142. The van der Waals surface area contributed by atoms with Gasteiger partial charge in [0.2, 0.25) is 0 Å². The lowest BCUT2D eigenvalue weighted by Crippen LogP contribution is -2.39. The summed E-state index contributed by atoms with van der Waals surface area (Å²) < 4.78 is 10.00. The Morgan fingerprint density at radius 2 is 1.61 bits per heavy atom. The van der Waals surface area contributed by atoms with E-state index in [-0.39, 0.29) is 29.8 Å². The number of nitrogens with zero attached hydrogens (tertiary/aromatic N) is 2. The van der Waals surface area contributed by atoms with E-state index in [0.717, 1.165) is 9.80 Å². The molecule has 2 aromatic rings. The van der Waals surface area contributed by atoms with Crippen LogP contribution in [-0.4, -0.2) is 61.4 Å². The summed E-state index contributed by atoms with van der Waals surface area (Å²) in [5.74, 6) is -3.03. The molecule has 9 nitrogen and oxygen atoms in total. The fraction of sp³-hybridized carbons (Fsp3) is 0.227. The summed E-state index contributed by atoms with van der Waals surface area (Å²) in [5, 5.41) is 0. The highest BCUT2D eigenvalue weighted by atomic mass is 16.5. The Hall–Kier alpha value is -4.01. The van der Waals surface area contributed by atoms with Crippen molar-refractivity contribution in [3.05, 3.63) is 65.2 Å². The van der Waals surface area contributed by atoms with Crippen LogP contribution in [0.2, 0.25) is 0 Å². The maximum absolute atomic E-state index is 12.7. The fourth-order valence-corrected chi connectivity index (χ4v) is 3.04. The molecule has 2 aromatic carbocycles. The third-order valence-electron chi connectivity index (χ3n) is 4.61. The maximum atomic E-state index is 12.7. The van der Waals surface area contributed by atoms with Crippen molar-refractivity contribution < 1.29 is 33.4 Å². The van der Waals surface area contributed by atoms with Crippen molar-refractivity contribution in [1.29, 1.82) is 0 Å². The van der Waals surface area contributed by atoms with Crippen molar-refractivity contribution in [3.63, 3.8) is 0 Å². The number of para-hydroxylation sites is 1. The second-order valence-electron chi connectivity index (χ2n) is 6.63. The zero-order valence-electron chi connectivity index (χ0n) is 17.0. The Balaban J connectivity index is 1.71. The summed E-state index contributed by atoms with van der Waals surface area (Å²) in [6.07, 6.45) is 0. The molecule has 160 valence electrons. The highest BCUT2D eigenvalue weighted by molar-refractivity contribution is 6.21. The van der Waals surface area contributed by atoms with Crippen molar-refractivity contribution >= 4 is 35.3 Å². The van der Waals surface area contributed by atoms with Gasteiger partial charge in [0.15, 0.2) is 6.61 Å². The number of hydrogen-bond acceptors (Lipinski definition) is 7. The number of anilines is 1. The van der Waals surface area contributed by atoms with Gasteiger partial charge in [-0.25, -0.2) is 4.79 Å². The molecule has 0 fully saturated rings. The number of carbonyl (C=O) groups excluding carboxylic acids is 5. The van der Waals surface area contributed by atoms with Crippen molar-refractivity contribution in [3.8, 4) is 0 Å². The van der Waals surface area contributed by atoms with Gasteiger partial charge in [0, 0.05) is 12.7 Å². The van der Waals surface area contributed by atoms with Crippen LogP contribution in [0.25, 0.3) is 0 Å². The van der Waals surface area contributed by atoms with E-state index in [1.807, 2.05) is 0 Å². The number of ether oxygens (including phenoxy) is 2. The monoisotopic (exact) mass is 424 g/mol. The van der Waals surface area contributed by atoms with Crippen LogP contribution >= 0.6 is 0 Å². The number of amides is 3. The topological polar surface area (TPSA) is 110 Å². The third-order valence-corrected chi connectivity index (χ3v) is 4.61.